The van der Waals surface area contributed by atoms with Crippen molar-refractivity contribution in [3.63, 3.8) is 0 Å². The van der Waals surface area contributed by atoms with Crippen LogP contribution in [0.25, 0.3) is 5.57 Å². The molecule has 2 saturated carbocycles. The van der Waals surface area contributed by atoms with Crippen molar-refractivity contribution < 1.29 is 127 Å². The number of carboxylic acid groups (broad SMARTS) is 3. The monoisotopic (exact) mass is 1500 g/mol. The first-order valence-electron chi connectivity index (χ1n) is 33.3. The molecule has 4 fully saturated rings. The summed E-state index contributed by atoms with van der Waals surface area (Å²) in [5.41, 5.74) is -2.43. The summed E-state index contributed by atoms with van der Waals surface area (Å²) in [7, 11) is 2.49. The number of aromatic nitrogens is 2. The molecule has 2 aliphatic carbocycles. The van der Waals surface area contributed by atoms with Crippen LogP contribution >= 0.6 is 23.2 Å². The van der Waals surface area contributed by atoms with E-state index >= 15 is 0 Å². The predicted molar refractivity (Wildman–Crippen MR) is 361 cm³/mol. The zero-order chi connectivity index (χ0) is 75.5. The summed E-state index contributed by atoms with van der Waals surface area (Å²) in [6.45, 7) is -1.26. The first-order valence-corrected chi connectivity index (χ1v) is 34.1. The molecule has 34 nitrogen and oxygen atoms in total. The Morgan fingerprint density at radius 1 is 0.673 bits per heavy atom. The minimum absolute atomic E-state index is 0.0164. The highest BCUT2D eigenvalue weighted by Crippen LogP contribution is 2.41. The number of aliphatic hydroxyl groups is 5. The summed E-state index contributed by atoms with van der Waals surface area (Å²) in [5.74, 6) is -9.82. The Morgan fingerprint density at radius 3 is 1.86 bits per heavy atom. The molecule has 14 N–H and O–H groups in total. The van der Waals surface area contributed by atoms with Crippen LogP contribution in [0.2, 0.25) is 10.0 Å². The van der Waals surface area contributed by atoms with Crippen molar-refractivity contribution in [1.82, 2.24) is 31.2 Å². The summed E-state index contributed by atoms with van der Waals surface area (Å²) in [4.78, 5) is 135. The van der Waals surface area contributed by atoms with Gasteiger partial charge in [-0.15, -0.1) is 0 Å². The van der Waals surface area contributed by atoms with Crippen molar-refractivity contribution in [2.24, 2.45) is 11.8 Å². The largest absolute Gasteiger partial charge is 0.494 e. The molecule has 4 aliphatic rings. The number of ether oxygens (including phenoxy) is 10. The zero-order valence-electron chi connectivity index (χ0n) is 56.6. The van der Waals surface area contributed by atoms with Gasteiger partial charge in [0.05, 0.1) is 67.9 Å². The van der Waals surface area contributed by atoms with Gasteiger partial charge in [-0.05, 0) is 91.6 Å². The molecule has 0 radical (unpaired) electrons. The molecule has 15 atom stereocenters. The van der Waals surface area contributed by atoms with E-state index in [1.165, 1.54) is 69.7 Å². The number of carbonyl (C=O) groups excluding carboxylic acids is 5. The first kappa shape index (κ1) is 81.2. The Bertz CT molecular complexity index is 3720. The van der Waals surface area contributed by atoms with E-state index < -0.39 is 182 Å². The van der Waals surface area contributed by atoms with E-state index in [0.29, 0.717) is 18.4 Å². The third kappa shape index (κ3) is 21.6. The number of methoxy groups -OCH3 is 2. The Kier molecular flexibility index (Phi) is 30.1. The number of benzene rings is 3. The second-order valence-electron chi connectivity index (χ2n) is 25.0. The fraction of sp³-hybridized carbons (Fsp3) is 0.529. The molecule has 36 heteroatoms. The summed E-state index contributed by atoms with van der Waals surface area (Å²) >= 11 is 12.9. The number of aromatic carboxylic acids is 2. The molecule has 568 valence electrons. The second kappa shape index (κ2) is 38.5. The van der Waals surface area contributed by atoms with Crippen LogP contribution in [0.4, 0.5) is 0 Å². The maximum absolute atomic E-state index is 14.5. The normalized spacial score (nSPS) is 25.1. The van der Waals surface area contributed by atoms with Crippen LogP contribution in [0.3, 0.4) is 0 Å². The van der Waals surface area contributed by atoms with Crippen LogP contribution in [-0.2, 0) is 57.1 Å². The second-order valence-corrected chi connectivity index (χ2v) is 25.8. The van der Waals surface area contributed by atoms with Crippen molar-refractivity contribution in [2.75, 3.05) is 66.9 Å². The standard InChI is InChI=1S/C68H84Cl2N6O28/c1-32-51(81)53(83)54(84)66(99-32)104-57-43(74-61(86)44-28-48(78)76-68(94)75-44)26-37(27-45(57)101-67-59(103-65(93)34-13-8-5-9-14-34)58(52(82)47(29-77)102-67)100-46(64(91)92)21-33-11-6-4-7-12-33)60(85)73-18-17-72-50(80)31-98-20-19-97-30-49(79)71-16-10-15-38(35-22-39(62(87)88)55(95-2)41(69)24-35)36-23-40(63(89)90)56(96-3)42(70)25-36/h5,8-9,13-15,22-25,28,32-33,37,43,45-47,51-54,57-59,66-67,77,81-84H,4,6-7,10-12,16-21,26-27,29-31H2,1-3H3,(H,71,79)(H,72,80)(H,73,85)(H,74,86)(H,87,88)(H,89,90)(H,91,92)(H2,75,76,78,94)/t32-,37?,43-,45+,46-,47+,51+,52-,53+,54-,57+,58-,59+,66-,67+/m0/s1. The highest BCUT2D eigenvalue weighted by Gasteiger charge is 2.55. The number of carboxylic acids is 3. The summed E-state index contributed by atoms with van der Waals surface area (Å²) in [5, 5.41) is 96.5. The minimum atomic E-state index is -2.00. The number of aliphatic carboxylic acids is 1. The number of rotatable bonds is 34. The van der Waals surface area contributed by atoms with Crippen LogP contribution in [0, 0.1) is 11.8 Å². The van der Waals surface area contributed by atoms with Crippen LogP contribution in [0.15, 0.2) is 76.3 Å². The molecule has 4 aromatic rings. The highest BCUT2D eigenvalue weighted by atomic mass is 35.5. The van der Waals surface area contributed by atoms with Crippen molar-refractivity contribution in [3.8, 4) is 11.5 Å². The molecule has 104 heavy (non-hydrogen) atoms. The number of amides is 4. The van der Waals surface area contributed by atoms with Crippen molar-refractivity contribution in [1.29, 1.82) is 0 Å². The molecule has 0 bridgehead atoms. The van der Waals surface area contributed by atoms with E-state index in [1.54, 1.807) is 12.1 Å². The fourth-order valence-electron chi connectivity index (χ4n) is 12.6. The van der Waals surface area contributed by atoms with Crippen LogP contribution in [-0.4, -0.2) is 251 Å². The lowest BCUT2D eigenvalue weighted by molar-refractivity contribution is -0.347. The molecule has 4 amide bonds. The topological polar surface area (TPSA) is 505 Å². The lowest BCUT2D eigenvalue weighted by Crippen LogP contribution is -2.65. The summed E-state index contributed by atoms with van der Waals surface area (Å²) < 4.78 is 58.6. The SMILES string of the molecule is COc1c(Cl)cc(C(=CCCNC(=O)COCCOCC(=O)NCCNC(=O)C2C[C@H](NC(=O)c3cc(=O)[nH]c(=O)[nH]3)[C@@H](O[C@@H]3O[C@@H](C)[C@@H](O)[C@@H](O)[C@@H]3O)[C@H](O[C@@H]3O[C@H](CO)[C@H](O)[C@H](O[C@@H](CC4CCCCC4)C(=O)O)[C@H]3OC(=O)c3ccccc3)C2)c2cc(Cl)c(OC)c(C(=O)O)c2)cc1C(=O)O. The third-order valence-corrected chi connectivity index (χ3v) is 18.4. The first-order chi connectivity index (χ1) is 49.7. The van der Waals surface area contributed by atoms with Gasteiger partial charge in [-0.2, -0.15) is 0 Å². The number of nitrogens with one attached hydrogen (secondary N) is 6. The van der Waals surface area contributed by atoms with Gasteiger partial charge in [0.1, 0.15) is 72.8 Å². The van der Waals surface area contributed by atoms with Crippen LogP contribution in [0.1, 0.15) is 117 Å². The number of halogens is 2. The fourth-order valence-corrected chi connectivity index (χ4v) is 13.2. The molecule has 1 unspecified atom stereocenters. The van der Waals surface area contributed by atoms with Gasteiger partial charge in [-0.1, -0.05) is 79.6 Å². The third-order valence-electron chi connectivity index (χ3n) is 17.8. The maximum Gasteiger partial charge on any atom is 0.339 e. The number of carbonyl (C=O) groups is 8. The summed E-state index contributed by atoms with van der Waals surface area (Å²) in [6, 6.07) is 12.1. The molecule has 2 aliphatic heterocycles. The van der Waals surface area contributed by atoms with Gasteiger partial charge in [-0.3, -0.25) is 29.0 Å². The highest BCUT2D eigenvalue weighted by molar-refractivity contribution is 6.33. The molecule has 1 aromatic heterocycles. The van der Waals surface area contributed by atoms with E-state index in [2.05, 4.69) is 26.3 Å². The van der Waals surface area contributed by atoms with E-state index in [0.717, 1.165) is 25.3 Å². The Labute approximate surface area is 603 Å². The summed E-state index contributed by atoms with van der Waals surface area (Å²) in [6.07, 6.45) is -17.9. The van der Waals surface area contributed by atoms with Gasteiger partial charge < -0.3 is 114 Å². The smallest absolute Gasteiger partial charge is 0.339 e. The molecule has 3 heterocycles. The van der Waals surface area contributed by atoms with E-state index in [-0.39, 0.29) is 107 Å². The number of aromatic amines is 2. The number of H-pyrrole nitrogens is 2. The van der Waals surface area contributed by atoms with Gasteiger partial charge in [-0.25, -0.2) is 24.0 Å². The van der Waals surface area contributed by atoms with E-state index in [4.69, 9.17) is 70.6 Å². The minimum Gasteiger partial charge on any atom is -0.494 e. The van der Waals surface area contributed by atoms with Crippen molar-refractivity contribution >= 4 is 76.3 Å². The Morgan fingerprint density at radius 2 is 1.28 bits per heavy atom. The molecular formula is C68H84Cl2N6O28. The van der Waals surface area contributed by atoms with Gasteiger partial charge in [0.2, 0.25) is 17.7 Å². The van der Waals surface area contributed by atoms with Crippen LogP contribution < -0.4 is 42.0 Å². The zero-order valence-corrected chi connectivity index (χ0v) is 58.1. The molecule has 2 saturated heterocycles. The maximum atomic E-state index is 14.5. The molecule has 0 spiro atoms. The van der Waals surface area contributed by atoms with Gasteiger partial charge in [0.15, 0.2) is 36.3 Å². The quantitative estimate of drug-likeness (QED) is 0.0228. The van der Waals surface area contributed by atoms with Crippen molar-refractivity contribution in [3.05, 3.63) is 131 Å². The van der Waals surface area contributed by atoms with Gasteiger partial charge in [0.25, 0.3) is 11.5 Å². The van der Waals surface area contributed by atoms with E-state index in [9.17, 15) is 88.8 Å². The average molecular weight is 1500 g/mol. The lowest BCUT2D eigenvalue weighted by Gasteiger charge is -2.48. The Balaban J connectivity index is 0.929. The number of esters is 1. The van der Waals surface area contributed by atoms with Crippen molar-refractivity contribution in [2.45, 2.75) is 150 Å². The molecular weight excluding hydrogens is 1420 g/mol. The van der Waals surface area contributed by atoms with Gasteiger partial charge in [0, 0.05) is 31.6 Å². The number of hydrogen-bond donors (Lipinski definition) is 14. The molecule has 3 aromatic carbocycles. The Hall–Kier alpha value is -8.46. The number of hydrogen-bond acceptors (Lipinski definition) is 25. The number of aliphatic hydroxyl groups excluding tert-OH is 5. The molecule has 8 rings (SSSR count). The van der Waals surface area contributed by atoms with Crippen LogP contribution in [0.5, 0.6) is 11.5 Å². The van der Waals surface area contributed by atoms with E-state index in [1.807, 2.05) is 4.98 Å². The lowest BCUT2D eigenvalue weighted by atomic mass is 9.80. The van der Waals surface area contributed by atoms with Gasteiger partial charge >= 0.3 is 29.6 Å². The average Bonchev–Trinajstić information content (AvgIpc) is 0.775. The predicted octanol–water partition coefficient (Wildman–Crippen LogP) is 0.906.